The zero-order valence-electron chi connectivity index (χ0n) is 8.63. The molecular formula is C10H8N4O3. The second-order valence-electron chi connectivity index (χ2n) is 4.33. The summed E-state index contributed by atoms with van der Waals surface area (Å²) in [7, 11) is 0. The molecule has 4 heterocycles. The summed E-state index contributed by atoms with van der Waals surface area (Å²) in [6.07, 6.45) is 5.87. The molecule has 7 heteroatoms. The van der Waals surface area contributed by atoms with E-state index in [-0.39, 0.29) is 35.9 Å². The molecule has 7 nitrogen and oxygen atoms in total. The van der Waals surface area contributed by atoms with E-state index in [2.05, 4.69) is 10.2 Å². The summed E-state index contributed by atoms with van der Waals surface area (Å²) < 4.78 is 6.85. The van der Waals surface area contributed by atoms with Gasteiger partial charge in [0.05, 0.1) is 24.0 Å². The summed E-state index contributed by atoms with van der Waals surface area (Å²) in [5.74, 6) is -1.26. The zero-order chi connectivity index (χ0) is 11.6. The number of hydrogen-bond acceptors (Lipinski definition) is 5. The van der Waals surface area contributed by atoms with Crippen molar-refractivity contribution in [3.05, 3.63) is 24.8 Å². The second kappa shape index (κ2) is 2.80. The molecule has 1 aromatic rings. The second-order valence-corrected chi connectivity index (χ2v) is 4.33. The highest BCUT2D eigenvalue weighted by Crippen LogP contribution is 2.44. The van der Waals surface area contributed by atoms with E-state index in [1.165, 1.54) is 17.3 Å². The van der Waals surface area contributed by atoms with Crippen LogP contribution < -0.4 is 5.01 Å². The zero-order valence-corrected chi connectivity index (χ0v) is 8.63. The average Bonchev–Trinajstić information content (AvgIpc) is 3.03. The van der Waals surface area contributed by atoms with Gasteiger partial charge in [0.1, 0.15) is 12.7 Å². The van der Waals surface area contributed by atoms with Crippen molar-refractivity contribution in [2.24, 2.45) is 11.8 Å². The summed E-state index contributed by atoms with van der Waals surface area (Å²) in [5, 5.41) is 8.31. The Labute approximate surface area is 95.6 Å². The molecule has 0 radical (unpaired) electrons. The highest BCUT2D eigenvalue weighted by Gasteiger charge is 2.61. The number of ether oxygens (including phenoxy) is 1. The summed E-state index contributed by atoms with van der Waals surface area (Å²) in [4.78, 5) is 24.4. The van der Waals surface area contributed by atoms with E-state index in [4.69, 9.17) is 4.74 Å². The molecule has 0 aliphatic carbocycles. The highest BCUT2D eigenvalue weighted by atomic mass is 16.5. The molecule has 1 aromatic heterocycles. The van der Waals surface area contributed by atoms with Crippen molar-refractivity contribution in [2.45, 2.75) is 12.2 Å². The fourth-order valence-electron chi connectivity index (χ4n) is 2.81. The number of hydrogen-bond donors (Lipinski definition) is 0. The Balaban J connectivity index is 1.79. The van der Waals surface area contributed by atoms with Crippen molar-refractivity contribution in [3.63, 3.8) is 0 Å². The van der Waals surface area contributed by atoms with Crippen LogP contribution in [0.5, 0.6) is 0 Å². The van der Waals surface area contributed by atoms with E-state index in [0.29, 0.717) is 0 Å². The van der Waals surface area contributed by atoms with Crippen molar-refractivity contribution in [2.75, 3.05) is 5.01 Å². The van der Waals surface area contributed by atoms with Gasteiger partial charge in [0, 0.05) is 0 Å². The smallest absolute Gasteiger partial charge is 0.255 e. The topological polar surface area (TPSA) is 77.3 Å². The summed E-state index contributed by atoms with van der Waals surface area (Å²) in [6, 6.07) is 0. The SMILES string of the molecule is O=C1[C@@H]2[C@H](C(=O)N1n1cnnc1)[C@H]1C=C[C@H]2O1. The highest BCUT2D eigenvalue weighted by molar-refractivity contribution is 6.17. The maximum Gasteiger partial charge on any atom is 0.255 e. The first kappa shape index (κ1) is 9.06. The molecule has 2 fully saturated rings. The maximum absolute atomic E-state index is 12.2. The standard InChI is InChI=1S/C10H8N4O3/c15-9-7-5-1-2-6(17-5)8(7)10(16)14(9)13-3-11-12-4-13/h1-8H/t5-,6-,7-,8+/m1/s1. The van der Waals surface area contributed by atoms with Gasteiger partial charge in [-0.1, -0.05) is 12.2 Å². The minimum atomic E-state index is -0.389. The van der Waals surface area contributed by atoms with Gasteiger partial charge >= 0.3 is 0 Å². The first-order valence-electron chi connectivity index (χ1n) is 5.34. The van der Waals surface area contributed by atoms with Gasteiger partial charge in [0.15, 0.2) is 0 Å². The van der Waals surface area contributed by atoms with Crippen LogP contribution in [0.4, 0.5) is 0 Å². The van der Waals surface area contributed by atoms with Gasteiger partial charge in [0.25, 0.3) is 11.8 Å². The number of carbonyl (C=O) groups is 2. The number of rotatable bonds is 1. The Hall–Kier alpha value is -2.02. The van der Waals surface area contributed by atoms with Crippen molar-refractivity contribution < 1.29 is 14.3 Å². The number of amides is 2. The fraction of sp³-hybridized carbons (Fsp3) is 0.400. The van der Waals surface area contributed by atoms with Gasteiger partial charge in [-0.3, -0.25) is 9.59 Å². The molecule has 17 heavy (non-hydrogen) atoms. The summed E-state index contributed by atoms with van der Waals surface area (Å²) in [5.41, 5.74) is 0. The quantitative estimate of drug-likeness (QED) is 0.451. The molecule has 0 unspecified atom stereocenters. The van der Waals surface area contributed by atoms with Gasteiger partial charge in [-0.25, -0.2) is 4.68 Å². The van der Waals surface area contributed by atoms with E-state index < -0.39 is 0 Å². The third-order valence-corrected chi connectivity index (χ3v) is 3.52. The molecule has 4 rings (SSSR count). The molecular weight excluding hydrogens is 224 g/mol. The molecule has 2 amide bonds. The molecule has 86 valence electrons. The monoisotopic (exact) mass is 232 g/mol. The molecule has 0 aromatic carbocycles. The van der Waals surface area contributed by atoms with Gasteiger partial charge in [-0.05, 0) is 0 Å². The van der Waals surface area contributed by atoms with E-state index in [1.807, 2.05) is 12.2 Å². The van der Waals surface area contributed by atoms with Crippen LogP contribution in [0.3, 0.4) is 0 Å². The van der Waals surface area contributed by atoms with Crippen LogP contribution in [0.25, 0.3) is 0 Å². The van der Waals surface area contributed by atoms with Crippen molar-refractivity contribution >= 4 is 11.8 Å². The summed E-state index contributed by atoms with van der Waals surface area (Å²) >= 11 is 0. The van der Waals surface area contributed by atoms with Gasteiger partial charge in [-0.15, -0.1) is 10.2 Å². The van der Waals surface area contributed by atoms with E-state index in [1.54, 1.807) is 0 Å². The largest absolute Gasteiger partial charge is 0.365 e. The van der Waals surface area contributed by atoms with Crippen LogP contribution in [0, 0.1) is 11.8 Å². The fourth-order valence-corrected chi connectivity index (χ4v) is 2.81. The minimum Gasteiger partial charge on any atom is -0.365 e. The van der Waals surface area contributed by atoms with Gasteiger partial charge in [0.2, 0.25) is 0 Å². The molecule has 3 aliphatic heterocycles. The lowest BCUT2D eigenvalue weighted by Crippen LogP contribution is -2.42. The number of fused-ring (bicyclic) bond motifs is 5. The molecule has 2 bridgehead atoms. The molecule has 0 spiro atoms. The molecule has 3 aliphatic rings. The summed E-state index contributed by atoms with van der Waals surface area (Å²) in [6.45, 7) is 0. The van der Waals surface area contributed by atoms with Crippen LogP contribution in [0.1, 0.15) is 0 Å². The minimum absolute atomic E-state index is 0.239. The normalized spacial score (nSPS) is 38.2. The van der Waals surface area contributed by atoms with E-state index in [9.17, 15) is 9.59 Å². The van der Waals surface area contributed by atoms with Crippen LogP contribution in [0.15, 0.2) is 24.8 Å². The third-order valence-electron chi connectivity index (χ3n) is 3.52. The molecule has 4 atom stereocenters. The third kappa shape index (κ3) is 0.949. The number of nitrogens with zero attached hydrogens (tertiary/aromatic N) is 4. The van der Waals surface area contributed by atoms with Crippen LogP contribution in [-0.4, -0.2) is 38.9 Å². The Bertz CT molecular complexity index is 508. The van der Waals surface area contributed by atoms with Crippen LogP contribution >= 0.6 is 0 Å². The molecule has 0 N–H and O–H groups in total. The van der Waals surface area contributed by atoms with E-state index >= 15 is 0 Å². The maximum atomic E-state index is 12.2. The Morgan fingerprint density at radius 1 is 1.00 bits per heavy atom. The van der Waals surface area contributed by atoms with Crippen molar-refractivity contribution in [1.82, 2.24) is 14.9 Å². The van der Waals surface area contributed by atoms with Crippen molar-refractivity contribution in [1.29, 1.82) is 0 Å². The average molecular weight is 232 g/mol. The van der Waals surface area contributed by atoms with Gasteiger partial charge < -0.3 is 4.74 Å². The number of imide groups is 1. The van der Waals surface area contributed by atoms with E-state index in [0.717, 1.165) is 5.01 Å². The predicted octanol–water partition coefficient (Wildman–Crippen LogP) is -1.15. The molecule has 0 saturated carbocycles. The lowest BCUT2D eigenvalue weighted by atomic mass is 9.85. The number of carbonyl (C=O) groups excluding carboxylic acids is 2. The molecule has 2 saturated heterocycles. The predicted molar refractivity (Wildman–Crippen MR) is 53.0 cm³/mol. The first-order valence-corrected chi connectivity index (χ1v) is 5.34. The first-order chi connectivity index (χ1) is 8.27. The lowest BCUT2D eigenvalue weighted by molar-refractivity contribution is -0.127. The Morgan fingerprint density at radius 2 is 1.53 bits per heavy atom. The van der Waals surface area contributed by atoms with Crippen LogP contribution in [-0.2, 0) is 14.3 Å². The number of aromatic nitrogens is 3. The van der Waals surface area contributed by atoms with Crippen molar-refractivity contribution in [3.8, 4) is 0 Å². The lowest BCUT2D eigenvalue weighted by Gasteiger charge is -2.16. The Kier molecular flexibility index (Phi) is 1.49. The van der Waals surface area contributed by atoms with Crippen LogP contribution in [0.2, 0.25) is 0 Å². The van der Waals surface area contributed by atoms with Gasteiger partial charge in [-0.2, -0.15) is 5.01 Å². The Morgan fingerprint density at radius 3 is 2.06 bits per heavy atom.